The van der Waals surface area contributed by atoms with Crippen molar-refractivity contribution in [2.24, 2.45) is 0 Å². The fourth-order valence-corrected chi connectivity index (χ4v) is 1.40. The molecule has 0 aliphatic carbocycles. The van der Waals surface area contributed by atoms with Gasteiger partial charge in [-0.2, -0.15) is 0 Å². The summed E-state index contributed by atoms with van der Waals surface area (Å²) in [5, 5.41) is 6.22. The van der Waals surface area contributed by atoms with Gasteiger partial charge in [-0.3, -0.25) is 4.79 Å². The third-order valence-corrected chi connectivity index (χ3v) is 2.21. The highest BCUT2D eigenvalue weighted by atomic mass is 16.1. The van der Waals surface area contributed by atoms with Crippen molar-refractivity contribution < 1.29 is 4.79 Å². The largest absolute Gasteiger partial charge is 0.352 e. The van der Waals surface area contributed by atoms with E-state index in [1.54, 1.807) is 0 Å². The number of carbonyl (C=O) groups excluding carboxylic acids is 1. The van der Waals surface area contributed by atoms with Crippen LogP contribution in [0.15, 0.2) is 0 Å². The second kappa shape index (κ2) is 5.19. The van der Waals surface area contributed by atoms with Gasteiger partial charge in [0, 0.05) is 25.6 Å². The Morgan fingerprint density at radius 2 is 2.38 bits per heavy atom. The highest BCUT2D eigenvalue weighted by molar-refractivity contribution is 5.76. The molecule has 0 aromatic heterocycles. The molecule has 1 rings (SSSR count). The van der Waals surface area contributed by atoms with Gasteiger partial charge in [0.1, 0.15) is 0 Å². The molecule has 0 saturated carbocycles. The Bertz CT molecular complexity index is 164. The van der Waals surface area contributed by atoms with Crippen molar-refractivity contribution in [2.45, 2.75) is 18.9 Å². The Morgan fingerprint density at radius 3 is 2.92 bits per heavy atom. The van der Waals surface area contributed by atoms with Crippen LogP contribution in [0, 0.1) is 0 Å². The molecule has 1 atom stereocenters. The maximum atomic E-state index is 11.3. The molecule has 1 aliphatic heterocycles. The molecule has 1 aliphatic rings. The molecule has 4 nitrogen and oxygen atoms in total. The van der Waals surface area contributed by atoms with Crippen molar-refractivity contribution in [3.63, 3.8) is 0 Å². The number of rotatable bonds is 4. The first-order chi connectivity index (χ1) is 6.18. The predicted molar refractivity (Wildman–Crippen MR) is 52.6 cm³/mol. The van der Waals surface area contributed by atoms with Gasteiger partial charge in [0.2, 0.25) is 5.91 Å². The van der Waals surface area contributed by atoms with E-state index >= 15 is 0 Å². The zero-order valence-corrected chi connectivity index (χ0v) is 8.47. The molecular formula is C9H19N3O. The lowest BCUT2D eigenvalue weighted by molar-refractivity contribution is -0.121. The molecule has 0 spiro atoms. The first-order valence-electron chi connectivity index (χ1n) is 4.83. The van der Waals surface area contributed by atoms with Crippen molar-refractivity contribution in [1.29, 1.82) is 0 Å². The first kappa shape index (κ1) is 10.5. The number of amides is 1. The van der Waals surface area contributed by atoms with Crippen molar-refractivity contribution in [3.8, 4) is 0 Å². The minimum atomic E-state index is 0.169. The Kier molecular flexibility index (Phi) is 4.18. The van der Waals surface area contributed by atoms with Crippen molar-refractivity contribution >= 4 is 5.91 Å². The predicted octanol–water partition coefficient (Wildman–Crippen LogP) is -0.584. The van der Waals surface area contributed by atoms with Crippen LogP contribution in [0.2, 0.25) is 0 Å². The van der Waals surface area contributed by atoms with Crippen LogP contribution in [0.5, 0.6) is 0 Å². The third-order valence-electron chi connectivity index (χ3n) is 2.21. The Hall–Kier alpha value is -0.610. The number of nitrogens with one attached hydrogen (secondary N) is 2. The van der Waals surface area contributed by atoms with E-state index in [2.05, 4.69) is 10.6 Å². The summed E-state index contributed by atoms with van der Waals surface area (Å²) in [5.74, 6) is 0.169. The fraction of sp³-hybridized carbons (Fsp3) is 0.889. The molecule has 4 heteroatoms. The molecule has 1 fully saturated rings. The topological polar surface area (TPSA) is 44.4 Å². The number of hydrogen-bond acceptors (Lipinski definition) is 3. The normalized spacial score (nSPS) is 22.2. The highest BCUT2D eigenvalue weighted by Gasteiger charge is 2.15. The van der Waals surface area contributed by atoms with Gasteiger partial charge >= 0.3 is 0 Å². The molecule has 76 valence electrons. The average Bonchev–Trinajstić information content (AvgIpc) is 2.53. The summed E-state index contributed by atoms with van der Waals surface area (Å²) < 4.78 is 0. The van der Waals surface area contributed by atoms with Gasteiger partial charge in [-0.25, -0.2) is 0 Å². The maximum absolute atomic E-state index is 11.3. The summed E-state index contributed by atoms with van der Waals surface area (Å²) in [4.78, 5) is 13.4. The van der Waals surface area contributed by atoms with Gasteiger partial charge in [0.15, 0.2) is 0 Å². The van der Waals surface area contributed by atoms with Crippen molar-refractivity contribution in [1.82, 2.24) is 15.5 Å². The lowest BCUT2D eigenvalue weighted by Gasteiger charge is -2.13. The Morgan fingerprint density at radius 1 is 1.62 bits per heavy atom. The monoisotopic (exact) mass is 185 g/mol. The molecule has 0 unspecified atom stereocenters. The lowest BCUT2D eigenvalue weighted by atomic mass is 10.2. The van der Waals surface area contributed by atoms with Crippen molar-refractivity contribution in [3.05, 3.63) is 0 Å². The number of nitrogens with zero attached hydrogens (tertiary/aromatic N) is 1. The SMILES string of the molecule is CN(C)CCC(=O)N[C@@H]1CCNC1. The van der Waals surface area contributed by atoms with Gasteiger partial charge in [-0.05, 0) is 27.1 Å². The van der Waals surface area contributed by atoms with E-state index in [0.717, 1.165) is 26.1 Å². The van der Waals surface area contributed by atoms with Crippen LogP contribution in [0.25, 0.3) is 0 Å². The standard InChI is InChI=1S/C9H19N3O/c1-12(2)6-4-9(13)11-8-3-5-10-7-8/h8,10H,3-7H2,1-2H3,(H,11,13)/t8-/m1/s1. The van der Waals surface area contributed by atoms with Gasteiger partial charge in [0.05, 0.1) is 0 Å². The van der Waals surface area contributed by atoms with E-state index in [1.807, 2.05) is 19.0 Å². The van der Waals surface area contributed by atoms with Crippen LogP contribution in [0.4, 0.5) is 0 Å². The molecule has 0 aromatic carbocycles. The smallest absolute Gasteiger partial charge is 0.221 e. The van der Waals surface area contributed by atoms with E-state index in [0.29, 0.717) is 12.5 Å². The minimum Gasteiger partial charge on any atom is -0.352 e. The summed E-state index contributed by atoms with van der Waals surface area (Å²) in [6.07, 6.45) is 1.66. The van der Waals surface area contributed by atoms with Crippen LogP contribution >= 0.6 is 0 Å². The number of hydrogen-bond donors (Lipinski definition) is 2. The van der Waals surface area contributed by atoms with E-state index in [-0.39, 0.29) is 5.91 Å². The van der Waals surface area contributed by atoms with Gasteiger partial charge < -0.3 is 15.5 Å². The zero-order valence-electron chi connectivity index (χ0n) is 8.47. The van der Waals surface area contributed by atoms with Crippen LogP contribution in [0.3, 0.4) is 0 Å². The van der Waals surface area contributed by atoms with Crippen molar-refractivity contribution in [2.75, 3.05) is 33.7 Å². The molecular weight excluding hydrogens is 166 g/mol. The van der Waals surface area contributed by atoms with E-state index < -0.39 is 0 Å². The molecule has 0 aromatic rings. The molecule has 0 radical (unpaired) electrons. The third kappa shape index (κ3) is 4.24. The fourth-order valence-electron chi connectivity index (χ4n) is 1.40. The molecule has 1 heterocycles. The summed E-state index contributed by atoms with van der Waals surface area (Å²) in [5.41, 5.74) is 0. The summed E-state index contributed by atoms with van der Waals surface area (Å²) in [6, 6.07) is 0.356. The van der Waals surface area contributed by atoms with E-state index in [9.17, 15) is 4.79 Å². The molecule has 13 heavy (non-hydrogen) atoms. The van der Waals surface area contributed by atoms with Gasteiger partial charge in [0.25, 0.3) is 0 Å². The maximum Gasteiger partial charge on any atom is 0.221 e. The van der Waals surface area contributed by atoms with E-state index in [1.165, 1.54) is 0 Å². The molecule has 0 bridgehead atoms. The van der Waals surface area contributed by atoms with E-state index in [4.69, 9.17) is 0 Å². The second-order valence-electron chi connectivity index (χ2n) is 3.81. The molecule has 1 amide bonds. The lowest BCUT2D eigenvalue weighted by Crippen LogP contribution is -2.37. The Balaban J connectivity index is 2.09. The minimum absolute atomic E-state index is 0.169. The summed E-state index contributed by atoms with van der Waals surface area (Å²) in [6.45, 7) is 2.78. The van der Waals surface area contributed by atoms with Crippen LogP contribution < -0.4 is 10.6 Å². The van der Waals surface area contributed by atoms with Gasteiger partial charge in [-0.15, -0.1) is 0 Å². The highest BCUT2D eigenvalue weighted by Crippen LogP contribution is 1.97. The quantitative estimate of drug-likeness (QED) is 0.615. The van der Waals surface area contributed by atoms with Crippen LogP contribution in [-0.2, 0) is 4.79 Å². The summed E-state index contributed by atoms with van der Waals surface area (Å²) >= 11 is 0. The Labute approximate surface area is 79.7 Å². The van der Waals surface area contributed by atoms with Crippen LogP contribution in [0.1, 0.15) is 12.8 Å². The second-order valence-corrected chi connectivity index (χ2v) is 3.81. The number of carbonyl (C=O) groups is 1. The zero-order chi connectivity index (χ0) is 9.68. The summed E-state index contributed by atoms with van der Waals surface area (Å²) in [7, 11) is 3.95. The molecule has 2 N–H and O–H groups in total. The van der Waals surface area contributed by atoms with Gasteiger partial charge in [-0.1, -0.05) is 0 Å². The van der Waals surface area contributed by atoms with Crippen LogP contribution in [-0.4, -0.2) is 50.6 Å². The average molecular weight is 185 g/mol. The first-order valence-corrected chi connectivity index (χ1v) is 4.83. The molecule has 1 saturated heterocycles.